The molecule has 300 valence electrons. The molecule has 2 atom stereocenters. The minimum absolute atomic E-state index is 0.00223. The molecule has 18 heteroatoms. The van der Waals surface area contributed by atoms with Gasteiger partial charge in [-0.2, -0.15) is 16.8 Å². The first-order chi connectivity index (χ1) is 26.1. The number of hydrogen-bond donors (Lipinski definition) is 4. The van der Waals surface area contributed by atoms with Gasteiger partial charge in [0.15, 0.2) is 21.3 Å². The predicted octanol–water partition coefficient (Wildman–Crippen LogP) is 3.92. The van der Waals surface area contributed by atoms with Crippen molar-refractivity contribution >= 4 is 49.3 Å². The fraction of sp³-hybridized carbons (Fsp3) is 0.500. The van der Waals surface area contributed by atoms with Crippen LogP contribution < -0.4 is 25.2 Å². The van der Waals surface area contributed by atoms with Crippen molar-refractivity contribution in [3.8, 4) is 11.5 Å². The second kappa shape index (κ2) is 13.8. The number of aryl methyl sites for hydroxylation is 1. The van der Waals surface area contributed by atoms with Crippen molar-refractivity contribution in [1.29, 1.82) is 0 Å². The number of rotatable bonds is 10. The lowest BCUT2D eigenvalue weighted by molar-refractivity contribution is -0.698. The molecule has 0 saturated carbocycles. The molecule has 0 aliphatic carbocycles. The van der Waals surface area contributed by atoms with Crippen LogP contribution in [0.5, 0.6) is 11.5 Å². The summed E-state index contributed by atoms with van der Waals surface area (Å²) in [5.74, 6) is -2.34. The van der Waals surface area contributed by atoms with Crippen molar-refractivity contribution in [3.63, 3.8) is 0 Å². The second-order valence-electron chi connectivity index (χ2n) is 16.5. The smallest absolute Gasteiger partial charge is 0.333 e. The van der Waals surface area contributed by atoms with Gasteiger partial charge in [0.05, 0.1) is 28.7 Å². The van der Waals surface area contributed by atoms with Crippen LogP contribution in [0.1, 0.15) is 127 Å². The van der Waals surface area contributed by atoms with Crippen LogP contribution in [0.15, 0.2) is 39.3 Å². The predicted molar refractivity (Wildman–Crippen MR) is 199 cm³/mol. The SMILES string of the molecule is CC1CC(C)(C)Nc2c1cc1c(c2S(=O)(=O)O)Oc2c(S(=O)(=O)O)c3c(cc2=C1c1[nH]cc[n+]1CCCCCC(=O)ON1C(=O)CCC1=O)C(C)CC(C)(C)N=3. The van der Waals surface area contributed by atoms with Gasteiger partial charge in [-0.1, -0.05) is 13.8 Å². The Morgan fingerprint density at radius 1 is 0.946 bits per heavy atom. The number of H-pyrrole nitrogens is 1. The molecule has 5 heterocycles. The van der Waals surface area contributed by atoms with Gasteiger partial charge in [0.2, 0.25) is 0 Å². The van der Waals surface area contributed by atoms with E-state index >= 15 is 0 Å². The van der Waals surface area contributed by atoms with Crippen LogP contribution in [0.2, 0.25) is 0 Å². The van der Waals surface area contributed by atoms with E-state index in [0.717, 1.165) is 0 Å². The van der Waals surface area contributed by atoms with Crippen LogP contribution in [0.4, 0.5) is 5.69 Å². The lowest BCUT2D eigenvalue weighted by Crippen LogP contribution is -2.41. The highest BCUT2D eigenvalue weighted by molar-refractivity contribution is 7.86. The van der Waals surface area contributed by atoms with Gasteiger partial charge < -0.3 is 14.9 Å². The van der Waals surface area contributed by atoms with Crippen LogP contribution in [-0.2, 0) is 46.0 Å². The number of nitrogens with one attached hydrogen (secondary N) is 2. The van der Waals surface area contributed by atoms with E-state index in [4.69, 9.17) is 14.6 Å². The summed E-state index contributed by atoms with van der Waals surface area (Å²) in [6, 6.07) is 3.59. The molecule has 4 N–H and O–H groups in total. The van der Waals surface area contributed by atoms with E-state index in [2.05, 4.69) is 10.3 Å². The lowest BCUT2D eigenvalue weighted by Gasteiger charge is -2.39. The van der Waals surface area contributed by atoms with Crippen molar-refractivity contribution < 1.29 is 54.5 Å². The summed E-state index contributed by atoms with van der Waals surface area (Å²) >= 11 is 0. The Morgan fingerprint density at radius 3 is 2.27 bits per heavy atom. The molecule has 0 spiro atoms. The summed E-state index contributed by atoms with van der Waals surface area (Å²) in [5, 5.41) is 4.08. The number of benzene rings is 2. The largest absolute Gasteiger partial charge is 0.453 e. The maximum absolute atomic E-state index is 13.4. The van der Waals surface area contributed by atoms with Crippen molar-refractivity contribution in [2.75, 3.05) is 5.32 Å². The summed E-state index contributed by atoms with van der Waals surface area (Å²) < 4.78 is 83.8. The highest BCUT2D eigenvalue weighted by Crippen LogP contribution is 2.51. The number of carbonyl (C=O) groups excluding carboxylic acids is 3. The molecule has 2 unspecified atom stereocenters. The summed E-state index contributed by atoms with van der Waals surface area (Å²) in [4.78, 5) is 47.8. The zero-order valence-electron chi connectivity index (χ0n) is 32.1. The Morgan fingerprint density at radius 2 is 1.61 bits per heavy atom. The number of hydrogen-bond acceptors (Lipinski definition) is 11. The van der Waals surface area contributed by atoms with Gasteiger partial charge >= 0.3 is 5.97 Å². The fourth-order valence-electron chi connectivity index (χ4n) is 8.65. The summed E-state index contributed by atoms with van der Waals surface area (Å²) in [6.07, 6.45) is 6.15. The average molecular weight is 813 g/mol. The van der Waals surface area contributed by atoms with E-state index in [1.807, 2.05) is 46.1 Å². The number of imidazole rings is 1. The highest BCUT2D eigenvalue weighted by atomic mass is 32.2. The van der Waals surface area contributed by atoms with Gasteiger partial charge in [-0.05, 0) is 94.9 Å². The number of ether oxygens (including phenoxy) is 1. The maximum atomic E-state index is 13.4. The van der Waals surface area contributed by atoms with E-state index in [1.54, 1.807) is 24.5 Å². The fourth-order valence-corrected chi connectivity index (χ4v) is 10.3. The minimum atomic E-state index is -5.05. The van der Waals surface area contributed by atoms with E-state index in [0.29, 0.717) is 66.2 Å². The average Bonchev–Trinajstić information content (AvgIpc) is 3.65. The van der Waals surface area contributed by atoms with Gasteiger partial charge in [-0.3, -0.25) is 23.7 Å². The molecule has 56 heavy (non-hydrogen) atoms. The number of carbonyl (C=O) groups is 3. The zero-order chi connectivity index (χ0) is 40.7. The first-order valence-electron chi connectivity index (χ1n) is 18.6. The first-order valence-corrected chi connectivity index (χ1v) is 21.5. The molecule has 2 amide bonds. The van der Waals surface area contributed by atoms with Crippen LogP contribution >= 0.6 is 0 Å². The van der Waals surface area contributed by atoms with Gasteiger partial charge in [0, 0.05) is 35.6 Å². The van der Waals surface area contributed by atoms with E-state index in [9.17, 15) is 40.3 Å². The molecule has 1 fully saturated rings. The lowest BCUT2D eigenvalue weighted by atomic mass is 9.80. The van der Waals surface area contributed by atoms with Gasteiger partial charge in [-0.25, -0.2) is 14.3 Å². The van der Waals surface area contributed by atoms with Crippen LogP contribution in [0.25, 0.3) is 5.57 Å². The summed E-state index contributed by atoms with van der Waals surface area (Å²) in [6.45, 7) is 11.8. The first kappa shape index (κ1) is 39.6. The molecule has 4 aliphatic rings. The van der Waals surface area contributed by atoms with E-state index < -0.39 is 58.9 Å². The number of imide groups is 1. The molecule has 2 aromatic carbocycles. The van der Waals surface area contributed by atoms with Gasteiger partial charge in [0.1, 0.15) is 12.4 Å². The standard InChI is InChI=1S/C38H45N5O11S2/c1-20-18-37(3,4)40-30-22(20)16-24-29(36-39-13-15-42(36)14-9-7-8-10-28(46)54-43-26(44)11-12-27(43)45)25-17-23-21(2)19-38(5,6)41-31(23)35(56(50,51)52)33(25)53-32(24)34(30)55(47,48)49/h13,15-17,20-21H,7-12,14,18-19H2,1-6H3,(H3,40,41,47,48,49,50,51,52)/p+1. The van der Waals surface area contributed by atoms with Crippen molar-refractivity contribution in [2.45, 2.75) is 132 Å². The van der Waals surface area contributed by atoms with Gasteiger partial charge in [0.25, 0.3) is 37.9 Å². The van der Waals surface area contributed by atoms with Crippen molar-refractivity contribution in [3.05, 3.63) is 57.6 Å². The monoisotopic (exact) mass is 812 g/mol. The molecule has 16 nitrogen and oxygen atoms in total. The third kappa shape index (κ3) is 7.23. The quantitative estimate of drug-likeness (QED) is 0.0774. The second-order valence-corrected chi connectivity index (χ2v) is 19.2. The number of aromatic amines is 1. The Balaban J connectivity index is 1.38. The Bertz CT molecular complexity index is 2540. The molecule has 3 aromatic rings. The molecule has 1 saturated heterocycles. The number of anilines is 1. The normalized spacial score (nSPS) is 20.9. The number of nitrogens with zero attached hydrogens (tertiary/aromatic N) is 3. The van der Waals surface area contributed by atoms with Crippen LogP contribution in [-0.4, -0.2) is 64.8 Å². The summed E-state index contributed by atoms with van der Waals surface area (Å²) in [7, 11) is -10.1. The highest BCUT2D eigenvalue weighted by Gasteiger charge is 2.43. The topological polar surface area (TPSA) is 226 Å². The molecule has 4 aliphatic heterocycles. The minimum Gasteiger partial charge on any atom is -0.453 e. The number of hydroxylamine groups is 2. The van der Waals surface area contributed by atoms with Crippen molar-refractivity contribution in [1.82, 2.24) is 10.0 Å². The maximum Gasteiger partial charge on any atom is 0.333 e. The molecule has 1 aromatic heterocycles. The molecular weight excluding hydrogens is 767 g/mol. The zero-order valence-corrected chi connectivity index (χ0v) is 33.7. The Hall–Kier alpha value is -4.65. The van der Waals surface area contributed by atoms with Crippen LogP contribution in [0, 0.1) is 0 Å². The number of aromatic nitrogens is 2. The van der Waals surface area contributed by atoms with E-state index in [-0.39, 0.29) is 64.4 Å². The Kier molecular flexibility index (Phi) is 9.74. The molecule has 0 bridgehead atoms. The number of unbranched alkanes of at least 4 members (excludes halogenated alkanes) is 2. The van der Waals surface area contributed by atoms with Crippen molar-refractivity contribution in [2.24, 2.45) is 4.99 Å². The number of fused-ring (bicyclic) bond motifs is 4. The van der Waals surface area contributed by atoms with Gasteiger partial charge in [-0.15, -0.1) is 5.06 Å². The third-order valence-electron chi connectivity index (χ3n) is 10.8. The third-order valence-corrected chi connectivity index (χ3v) is 12.6. The Labute approximate surface area is 324 Å². The molecule has 0 radical (unpaired) electrons. The van der Waals surface area contributed by atoms with E-state index in [1.165, 1.54) is 0 Å². The molecule has 7 rings (SSSR count). The number of amides is 2. The van der Waals surface area contributed by atoms with Crippen LogP contribution in [0.3, 0.4) is 0 Å². The summed E-state index contributed by atoms with van der Waals surface area (Å²) in [5.41, 5.74) is 0.688. The molecular formula is C38H46N5O11S2+.